The van der Waals surface area contributed by atoms with Crippen molar-refractivity contribution in [3.8, 4) is 0 Å². The van der Waals surface area contributed by atoms with Crippen molar-refractivity contribution in [2.45, 2.75) is 20.0 Å². The van der Waals surface area contributed by atoms with Gasteiger partial charge in [-0.2, -0.15) is 0 Å². The number of furan rings is 1. The second-order valence-corrected chi connectivity index (χ2v) is 6.43. The van der Waals surface area contributed by atoms with Crippen LogP contribution in [-0.2, 0) is 9.53 Å². The molecule has 1 atom stereocenters. The summed E-state index contributed by atoms with van der Waals surface area (Å²) in [5.41, 5.74) is 2.57. The maximum absolute atomic E-state index is 12.4. The SMILES string of the molecule is Cc1c(C(=O)O[C@H](C)C(=O)Nc2ccc3[nH]c(=O)[nH]c3c2)oc2ccccc12. The molecule has 2 heterocycles. The molecule has 142 valence electrons. The van der Waals surface area contributed by atoms with Crippen molar-refractivity contribution >= 4 is 39.6 Å². The summed E-state index contributed by atoms with van der Waals surface area (Å²) in [6.07, 6.45) is -1.04. The van der Waals surface area contributed by atoms with Crippen LogP contribution in [0.2, 0.25) is 0 Å². The number of amides is 1. The fraction of sp³-hybridized carbons (Fsp3) is 0.150. The van der Waals surface area contributed by atoms with Crippen molar-refractivity contribution in [1.82, 2.24) is 9.97 Å². The predicted octanol–water partition coefficient (Wildman–Crippen LogP) is 3.09. The number of aryl methyl sites for hydroxylation is 1. The Kier molecular flexibility index (Phi) is 4.23. The molecule has 0 aliphatic heterocycles. The minimum absolute atomic E-state index is 0.0761. The van der Waals surface area contributed by atoms with Crippen LogP contribution in [-0.4, -0.2) is 27.9 Å². The zero-order chi connectivity index (χ0) is 19.8. The Bertz CT molecular complexity index is 1260. The molecular weight excluding hydrogens is 362 g/mol. The average molecular weight is 379 g/mol. The molecule has 1 amide bonds. The van der Waals surface area contributed by atoms with E-state index in [1.165, 1.54) is 6.92 Å². The maximum atomic E-state index is 12.4. The van der Waals surface area contributed by atoms with E-state index in [1.807, 2.05) is 18.2 Å². The summed E-state index contributed by atoms with van der Waals surface area (Å²) < 4.78 is 10.8. The van der Waals surface area contributed by atoms with Crippen LogP contribution < -0.4 is 11.0 Å². The van der Waals surface area contributed by atoms with Gasteiger partial charge in [0.15, 0.2) is 6.10 Å². The molecule has 8 heteroatoms. The van der Waals surface area contributed by atoms with Crippen LogP contribution in [0.1, 0.15) is 23.0 Å². The van der Waals surface area contributed by atoms with Crippen LogP contribution in [0.25, 0.3) is 22.0 Å². The molecule has 0 radical (unpaired) electrons. The monoisotopic (exact) mass is 379 g/mol. The number of esters is 1. The molecule has 4 aromatic rings. The Morgan fingerprint density at radius 1 is 1.11 bits per heavy atom. The van der Waals surface area contributed by atoms with Crippen LogP contribution in [0, 0.1) is 6.92 Å². The van der Waals surface area contributed by atoms with Gasteiger partial charge >= 0.3 is 11.7 Å². The third kappa shape index (κ3) is 3.16. The van der Waals surface area contributed by atoms with Crippen molar-refractivity contribution in [3.63, 3.8) is 0 Å². The van der Waals surface area contributed by atoms with Crippen molar-refractivity contribution in [2.24, 2.45) is 0 Å². The van der Waals surface area contributed by atoms with Gasteiger partial charge in [0, 0.05) is 16.6 Å². The molecule has 0 spiro atoms. The normalized spacial score (nSPS) is 12.2. The topological polar surface area (TPSA) is 117 Å². The second kappa shape index (κ2) is 6.73. The highest BCUT2D eigenvalue weighted by Crippen LogP contribution is 2.25. The van der Waals surface area contributed by atoms with Crippen LogP contribution >= 0.6 is 0 Å². The molecule has 4 rings (SSSR count). The molecule has 3 N–H and O–H groups in total. The molecule has 0 fully saturated rings. The molecule has 0 saturated carbocycles. The third-order valence-corrected chi connectivity index (χ3v) is 4.47. The molecule has 0 saturated heterocycles. The Hall–Kier alpha value is -3.81. The number of carbonyl (C=O) groups is 2. The van der Waals surface area contributed by atoms with Gasteiger partial charge in [0.25, 0.3) is 5.91 Å². The maximum Gasteiger partial charge on any atom is 0.375 e. The summed E-state index contributed by atoms with van der Waals surface area (Å²) in [4.78, 5) is 41.4. The van der Waals surface area contributed by atoms with Gasteiger partial charge in [0.1, 0.15) is 5.58 Å². The second-order valence-electron chi connectivity index (χ2n) is 6.43. The number of para-hydroxylation sites is 1. The van der Waals surface area contributed by atoms with E-state index in [4.69, 9.17) is 9.15 Å². The zero-order valence-corrected chi connectivity index (χ0v) is 15.2. The lowest BCUT2D eigenvalue weighted by molar-refractivity contribution is -0.123. The summed E-state index contributed by atoms with van der Waals surface area (Å²) in [5.74, 6) is -1.13. The lowest BCUT2D eigenvalue weighted by atomic mass is 10.1. The van der Waals surface area contributed by atoms with E-state index in [1.54, 1.807) is 31.2 Å². The predicted molar refractivity (Wildman–Crippen MR) is 103 cm³/mol. The van der Waals surface area contributed by atoms with Crippen LogP contribution in [0.5, 0.6) is 0 Å². The quantitative estimate of drug-likeness (QED) is 0.471. The van der Waals surface area contributed by atoms with Gasteiger partial charge in [0.2, 0.25) is 5.76 Å². The Morgan fingerprint density at radius 2 is 1.86 bits per heavy atom. The fourth-order valence-corrected chi connectivity index (χ4v) is 2.99. The molecule has 0 bridgehead atoms. The van der Waals surface area contributed by atoms with E-state index in [2.05, 4.69) is 15.3 Å². The first-order valence-corrected chi connectivity index (χ1v) is 8.64. The highest BCUT2D eigenvalue weighted by Gasteiger charge is 2.24. The molecule has 28 heavy (non-hydrogen) atoms. The van der Waals surface area contributed by atoms with E-state index in [9.17, 15) is 14.4 Å². The highest BCUT2D eigenvalue weighted by atomic mass is 16.6. The largest absolute Gasteiger partial charge is 0.449 e. The summed E-state index contributed by atoms with van der Waals surface area (Å²) in [7, 11) is 0. The number of nitrogens with one attached hydrogen (secondary N) is 3. The number of aromatic nitrogens is 2. The van der Waals surface area contributed by atoms with Crippen molar-refractivity contribution in [3.05, 3.63) is 64.3 Å². The summed E-state index contributed by atoms with van der Waals surface area (Å²) in [6, 6.07) is 12.2. The number of rotatable bonds is 4. The number of aromatic amines is 2. The van der Waals surface area contributed by atoms with Gasteiger partial charge in [-0.05, 0) is 38.1 Å². The third-order valence-electron chi connectivity index (χ3n) is 4.47. The van der Waals surface area contributed by atoms with Crippen LogP contribution in [0.15, 0.2) is 51.7 Å². The minimum Gasteiger partial charge on any atom is -0.449 e. The number of carbonyl (C=O) groups excluding carboxylic acids is 2. The minimum atomic E-state index is -1.04. The number of H-pyrrole nitrogens is 2. The number of hydrogen-bond acceptors (Lipinski definition) is 5. The van der Waals surface area contributed by atoms with Gasteiger partial charge in [-0.1, -0.05) is 18.2 Å². The first kappa shape index (κ1) is 17.6. The highest BCUT2D eigenvalue weighted by molar-refractivity contribution is 6.00. The molecule has 2 aromatic carbocycles. The van der Waals surface area contributed by atoms with Gasteiger partial charge in [0.05, 0.1) is 11.0 Å². The van der Waals surface area contributed by atoms with Gasteiger partial charge < -0.3 is 24.4 Å². The number of benzene rings is 2. The Labute approximate surface area is 158 Å². The number of fused-ring (bicyclic) bond motifs is 2. The molecule has 0 aliphatic carbocycles. The van der Waals surface area contributed by atoms with Gasteiger partial charge in [-0.3, -0.25) is 4.79 Å². The molecule has 0 unspecified atom stereocenters. The van der Waals surface area contributed by atoms with Crippen molar-refractivity contribution in [2.75, 3.05) is 5.32 Å². The smallest absolute Gasteiger partial charge is 0.375 e. The molecule has 8 nitrogen and oxygen atoms in total. The van der Waals surface area contributed by atoms with E-state index in [0.717, 1.165) is 5.39 Å². The lowest BCUT2D eigenvalue weighted by Crippen LogP contribution is -2.30. The first-order chi connectivity index (χ1) is 13.4. The number of ether oxygens (including phenoxy) is 1. The van der Waals surface area contributed by atoms with Crippen LogP contribution in [0.3, 0.4) is 0 Å². The average Bonchev–Trinajstić information content (AvgIpc) is 3.20. The van der Waals surface area contributed by atoms with E-state index in [0.29, 0.717) is 27.9 Å². The zero-order valence-electron chi connectivity index (χ0n) is 15.2. The summed E-state index contributed by atoms with van der Waals surface area (Å²) in [6.45, 7) is 3.24. The van der Waals surface area contributed by atoms with Crippen LogP contribution in [0.4, 0.5) is 5.69 Å². The molecular formula is C20H17N3O5. The molecule has 0 aliphatic rings. The van der Waals surface area contributed by atoms with Gasteiger partial charge in [-0.25, -0.2) is 9.59 Å². The lowest BCUT2D eigenvalue weighted by Gasteiger charge is -2.13. The number of hydrogen-bond donors (Lipinski definition) is 3. The molecule has 2 aromatic heterocycles. The first-order valence-electron chi connectivity index (χ1n) is 8.64. The van der Waals surface area contributed by atoms with Crippen molar-refractivity contribution in [1.29, 1.82) is 0 Å². The van der Waals surface area contributed by atoms with E-state index >= 15 is 0 Å². The number of imidazole rings is 1. The van der Waals surface area contributed by atoms with Gasteiger partial charge in [-0.15, -0.1) is 0 Å². The standard InChI is InChI=1S/C20H17N3O5/c1-10-13-5-3-4-6-16(13)28-17(10)19(25)27-11(2)18(24)21-12-7-8-14-15(9-12)23-20(26)22-14/h3-9,11H,1-2H3,(H,21,24)(H2,22,23,26)/t11-/m1/s1. The Balaban J connectivity index is 1.47. The van der Waals surface area contributed by atoms with E-state index < -0.39 is 18.0 Å². The number of anilines is 1. The van der Waals surface area contributed by atoms with E-state index in [-0.39, 0.29) is 11.4 Å². The Morgan fingerprint density at radius 3 is 2.64 bits per heavy atom. The fourth-order valence-electron chi connectivity index (χ4n) is 2.99. The summed E-state index contributed by atoms with van der Waals surface area (Å²) in [5, 5.41) is 3.48. The van der Waals surface area contributed by atoms with Crippen molar-refractivity contribution < 1.29 is 18.7 Å². The summed E-state index contributed by atoms with van der Waals surface area (Å²) >= 11 is 0.